The van der Waals surface area contributed by atoms with Crippen LogP contribution in [0.3, 0.4) is 0 Å². The lowest BCUT2D eigenvalue weighted by atomic mass is 10.0. The summed E-state index contributed by atoms with van der Waals surface area (Å²) in [5.41, 5.74) is 7.22. The number of anilines is 4. The summed E-state index contributed by atoms with van der Waals surface area (Å²) in [7, 11) is 0. The Bertz CT molecular complexity index is 1120. The predicted octanol–water partition coefficient (Wildman–Crippen LogP) is 4.44. The maximum atomic E-state index is 13.5. The van der Waals surface area contributed by atoms with E-state index in [9.17, 15) is 19.3 Å². The molecule has 31 heavy (non-hydrogen) atoms. The van der Waals surface area contributed by atoms with Gasteiger partial charge in [-0.15, -0.1) is 0 Å². The molecule has 0 amide bonds. The third-order valence-electron chi connectivity index (χ3n) is 4.47. The van der Waals surface area contributed by atoms with Gasteiger partial charge in [-0.2, -0.15) is 4.98 Å². The van der Waals surface area contributed by atoms with Crippen LogP contribution in [0.15, 0.2) is 48.7 Å². The Morgan fingerprint density at radius 3 is 2.77 bits per heavy atom. The van der Waals surface area contributed by atoms with Crippen LogP contribution in [-0.2, 0) is 6.54 Å². The van der Waals surface area contributed by atoms with E-state index in [-0.39, 0.29) is 41.2 Å². The highest BCUT2D eigenvalue weighted by Gasteiger charge is 2.19. The third kappa shape index (κ3) is 5.30. The topological polar surface area (TPSA) is 136 Å². The van der Waals surface area contributed by atoms with Crippen molar-refractivity contribution >= 4 is 34.6 Å². The van der Waals surface area contributed by atoms with E-state index < -0.39 is 10.7 Å². The van der Waals surface area contributed by atoms with Crippen LogP contribution in [0.25, 0.3) is 0 Å². The molecule has 0 spiro atoms. The highest BCUT2D eigenvalue weighted by Crippen LogP contribution is 2.27. The number of nitrogen functional groups attached to an aromatic ring is 1. The fourth-order valence-corrected chi connectivity index (χ4v) is 2.94. The normalized spacial score (nSPS) is 10.5. The molecule has 3 aromatic rings. The van der Waals surface area contributed by atoms with Crippen molar-refractivity contribution in [2.24, 2.45) is 0 Å². The number of carbonyl (C=O) groups excluding carboxylic acids is 1. The molecule has 10 heteroatoms. The first-order chi connectivity index (χ1) is 14.9. The van der Waals surface area contributed by atoms with Crippen LogP contribution in [0.5, 0.6) is 0 Å². The monoisotopic (exact) mass is 424 g/mol. The number of rotatable bonds is 9. The molecule has 0 radical (unpaired) electrons. The highest BCUT2D eigenvalue weighted by atomic mass is 19.1. The van der Waals surface area contributed by atoms with Crippen molar-refractivity contribution < 1.29 is 14.1 Å². The van der Waals surface area contributed by atoms with E-state index in [1.54, 1.807) is 24.3 Å². The average Bonchev–Trinajstić information content (AvgIpc) is 2.75. The van der Waals surface area contributed by atoms with Gasteiger partial charge in [0.2, 0.25) is 11.8 Å². The number of benzene rings is 2. The lowest BCUT2D eigenvalue weighted by Gasteiger charge is -2.12. The van der Waals surface area contributed by atoms with Crippen molar-refractivity contribution in [3.8, 4) is 0 Å². The number of nitrogens with one attached hydrogen (secondary N) is 2. The minimum atomic E-state index is -0.614. The molecule has 0 fully saturated rings. The summed E-state index contributed by atoms with van der Waals surface area (Å²) in [5, 5.41) is 17.1. The van der Waals surface area contributed by atoms with Crippen molar-refractivity contribution in [1.82, 2.24) is 9.97 Å². The summed E-state index contributed by atoms with van der Waals surface area (Å²) in [6.45, 7) is 2.06. The number of nitro groups is 1. The van der Waals surface area contributed by atoms with Crippen LogP contribution >= 0.6 is 0 Å². The number of aromatic nitrogens is 2. The van der Waals surface area contributed by atoms with Gasteiger partial charge in [-0.1, -0.05) is 31.2 Å². The minimum absolute atomic E-state index is 0.000689. The summed E-state index contributed by atoms with van der Waals surface area (Å²) in [5.74, 6) is -0.553. The summed E-state index contributed by atoms with van der Waals surface area (Å²) in [6, 6.07) is 10.8. The molecular weight excluding hydrogens is 403 g/mol. The van der Waals surface area contributed by atoms with Gasteiger partial charge in [-0.05, 0) is 30.2 Å². The summed E-state index contributed by atoms with van der Waals surface area (Å²) in [4.78, 5) is 31.2. The van der Waals surface area contributed by atoms with Gasteiger partial charge in [-0.3, -0.25) is 14.9 Å². The number of nitrogens with zero attached hydrogens (tertiary/aromatic N) is 3. The second kappa shape index (κ2) is 9.61. The maximum Gasteiger partial charge on any atom is 0.329 e. The predicted molar refractivity (Wildman–Crippen MR) is 116 cm³/mol. The number of halogens is 1. The van der Waals surface area contributed by atoms with Crippen molar-refractivity contribution in [1.29, 1.82) is 0 Å². The summed E-state index contributed by atoms with van der Waals surface area (Å²) < 4.78 is 13.5. The minimum Gasteiger partial charge on any atom is -0.397 e. The third-order valence-corrected chi connectivity index (χ3v) is 4.47. The molecule has 0 atom stereocenters. The van der Waals surface area contributed by atoms with Crippen molar-refractivity contribution in [3.63, 3.8) is 0 Å². The molecule has 1 heterocycles. The number of nitrogens with two attached hydrogens (primary N) is 1. The molecule has 4 N–H and O–H groups in total. The fraction of sp³-hybridized carbons (Fsp3) is 0.190. The number of hydrogen-bond donors (Lipinski definition) is 3. The summed E-state index contributed by atoms with van der Waals surface area (Å²) >= 11 is 0. The Hall–Kier alpha value is -4.08. The Labute approximate surface area is 177 Å². The van der Waals surface area contributed by atoms with Crippen molar-refractivity contribution in [2.75, 3.05) is 16.4 Å². The molecule has 0 unspecified atom stereocenters. The zero-order valence-corrected chi connectivity index (χ0v) is 16.8. The van der Waals surface area contributed by atoms with Crippen LogP contribution in [0.4, 0.5) is 33.2 Å². The van der Waals surface area contributed by atoms with Gasteiger partial charge in [-0.25, -0.2) is 9.37 Å². The highest BCUT2D eigenvalue weighted by molar-refractivity contribution is 5.97. The van der Waals surface area contributed by atoms with Gasteiger partial charge >= 0.3 is 5.69 Å². The van der Waals surface area contributed by atoms with E-state index in [4.69, 9.17) is 5.73 Å². The Morgan fingerprint density at radius 2 is 2.03 bits per heavy atom. The van der Waals surface area contributed by atoms with Gasteiger partial charge in [0, 0.05) is 18.5 Å². The molecule has 0 saturated heterocycles. The quantitative estimate of drug-likeness (QED) is 0.198. The maximum absolute atomic E-state index is 13.5. The SMILES string of the molecule is CCCC(=O)c1ccccc1CNc1nc(Nc2cc(F)ccc2N)ncc1[N+](=O)[O-]. The number of Topliss-reactive ketones (excluding diaryl/α,β-unsaturated/α-hetero) is 1. The molecule has 3 rings (SSSR count). The lowest BCUT2D eigenvalue weighted by molar-refractivity contribution is -0.384. The average molecular weight is 424 g/mol. The Balaban J connectivity index is 1.87. The van der Waals surface area contributed by atoms with Gasteiger partial charge in [0.15, 0.2) is 5.78 Å². The van der Waals surface area contributed by atoms with E-state index in [0.717, 1.165) is 12.6 Å². The largest absolute Gasteiger partial charge is 0.397 e. The van der Waals surface area contributed by atoms with Gasteiger partial charge in [0.1, 0.15) is 12.0 Å². The molecule has 9 nitrogen and oxygen atoms in total. The van der Waals surface area contributed by atoms with Crippen LogP contribution in [0, 0.1) is 15.9 Å². The first kappa shape index (κ1) is 21.6. The number of hydrogen-bond acceptors (Lipinski definition) is 8. The van der Waals surface area contributed by atoms with E-state index in [2.05, 4.69) is 20.6 Å². The van der Waals surface area contributed by atoms with Crippen LogP contribution in [0.1, 0.15) is 35.7 Å². The zero-order valence-electron chi connectivity index (χ0n) is 16.8. The first-order valence-corrected chi connectivity index (χ1v) is 9.57. The molecule has 0 aliphatic carbocycles. The lowest BCUT2D eigenvalue weighted by Crippen LogP contribution is -2.11. The zero-order chi connectivity index (χ0) is 22.4. The number of ketones is 1. The Morgan fingerprint density at radius 1 is 1.26 bits per heavy atom. The van der Waals surface area contributed by atoms with Crippen molar-refractivity contribution in [2.45, 2.75) is 26.3 Å². The molecule has 160 valence electrons. The summed E-state index contributed by atoms with van der Waals surface area (Å²) in [6.07, 6.45) is 2.17. The van der Waals surface area contributed by atoms with Crippen molar-refractivity contribution in [3.05, 3.63) is 75.7 Å². The van der Waals surface area contributed by atoms with E-state index >= 15 is 0 Å². The molecule has 0 bridgehead atoms. The molecule has 0 saturated carbocycles. The van der Waals surface area contributed by atoms with E-state index in [0.29, 0.717) is 17.5 Å². The van der Waals surface area contributed by atoms with Gasteiger partial charge in [0.05, 0.1) is 16.3 Å². The second-order valence-electron chi connectivity index (χ2n) is 6.73. The molecule has 2 aromatic carbocycles. The van der Waals surface area contributed by atoms with Crippen LogP contribution in [-0.4, -0.2) is 20.7 Å². The molecular formula is C21H21FN6O3. The smallest absolute Gasteiger partial charge is 0.329 e. The van der Waals surface area contributed by atoms with Crippen LogP contribution < -0.4 is 16.4 Å². The Kier molecular flexibility index (Phi) is 6.71. The van der Waals surface area contributed by atoms with E-state index in [1.165, 1.54) is 18.2 Å². The van der Waals surface area contributed by atoms with E-state index in [1.807, 2.05) is 6.92 Å². The number of carbonyl (C=O) groups is 1. The first-order valence-electron chi connectivity index (χ1n) is 9.57. The second-order valence-corrected chi connectivity index (χ2v) is 6.73. The fourth-order valence-electron chi connectivity index (χ4n) is 2.94. The van der Waals surface area contributed by atoms with Gasteiger partial charge < -0.3 is 16.4 Å². The molecule has 1 aromatic heterocycles. The molecule has 0 aliphatic rings. The van der Waals surface area contributed by atoms with Gasteiger partial charge in [0.25, 0.3) is 0 Å². The standard InChI is InChI=1S/C21H21FN6O3/c1-2-5-19(29)15-7-4-3-6-13(15)11-24-20-18(28(30)31)12-25-21(27-20)26-17-10-14(22)8-9-16(17)23/h3-4,6-10,12H,2,5,11,23H2,1H3,(H2,24,25,26,27). The van der Waals surface area contributed by atoms with Crippen LogP contribution in [0.2, 0.25) is 0 Å². The molecule has 0 aliphatic heterocycles.